The van der Waals surface area contributed by atoms with Gasteiger partial charge in [-0.2, -0.15) is 0 Å². The van der Waals surface area contributed by atoms with Gasteiger partial charge in [0.2, 0.25) is 0 Å². The molecule has 0 radical (unpaired) electrons. The maximum Gasteiger partial charge on any atom is 0.0890 e. The Kier molecular flexibility index (Phi) is 3.41. The molecule has 3 rings (SSSR count). The highest BCUT2D eigenvalue weighted by Crippen LogP contribution is 2.28. The van der Waals surface area contributed by atoms with Crippen LogP contribution in [0.1, 0.15) is 22.9 Å². The topological polar surface area (TPSA) is 63.8 Å². The van der Waals surface area contributed by atoms with E-state index in [1.54, 1.807) is 12.4 Å². The number of hydrogen-bond acceptors (Lipinski definition) is 4. The van der Waals surface area contributed by atoms with Crippen molar-refractivity contribution in [3.8, 4) is 0 Å². The van der Waals surface area contributed by atoms with Gasteiger partial charge in [0.25, 0.3) is 0 Å². The second-order valence-electron chi connectivity index (χ2n) is 4.75. The molecule has 0 saturated carbocycles. The average molecular weight is 264 g/mol. The Morgan fingerprint density at radius 2 is 2.00 bits per heavy atom. The zero-order chi connectivity index (χ0) is 13.9. The van der Waals surface area contributed by atoms with E-state index in [2.05, 4.69) is 27.5 Å². The van der Waals surface area contributed by atoms with Crippen molar-refractivity contribution in [1.82, 2.24) is 15.4 Å². The Labute approximate surface area is 117 Å². The molecule has 4 heteroatoms. The molecule has 1 aromatic carbocycles. The Morgan fingerprint density at radius 3 is 2.80 bits per heavy atom. The summed E-state index contributed by atoms with van der Waals surface area (Å²) in [5, 5.41) is 2.23. The van der Waals surface area contributed by atoms with Gasteiger partial charge in [0.1, 0.15) is 0 Å². The Hall–Kier alpha value is -2.30. The lowest BCUT2D eigenvalue weighted by Gasteiger charge is -2.19. The van der Waals surface area contributed by atoms with E-state index in [0.29, 0.717) is 0 Å². The zero-order valence-electron chi connectivity index (χ0n) is 11.2. The summed E-state index contributed by atoms with van der Waals surface area (Å²) < 4.78 is 0. The highest BCUT2D eigenvalue weighted by atomic mass is 15.2. The molecule has 0 saturated heterocycles. The predicted octanol–water partition coefficient (Wildman–Crippen LogP) is 2.49. The molecular formula is C16H16N4. The van der Waals surface area contributed by atoms with Gasteiger partial charge in [0, 0.05) is 24.0 Å². The van der Waals surface area contributed by atoms with E-state index in [-0.39, 0.29) is 6.04 Å². The van der Waals surface area contributed by atoms with E-state index < -0.39 is 0 Å². The molecule has 20 heavy (non-hydrogen) atoms. The first kappa shape index (κ1) is 12.7. The molecule has 0 spiro atoms. The summed E-state index contributed by atoms with van der Waals surface area (Å²) in [5.41, 5.74) is 6.00. The highest BCUT2D eigenvalue weighted by molar-refractivity contribution is 5.85. The van der Waals surface area contributed by atoms with E-state index >= 15 is 0 Å². The third-order valence-corrected chi connectivity index (χ3v) is 3.52. The first-order chi connectivity index (χ1) is 9.81. The van der Waals surface area contributed by atoms with Gasteiger partial charge in [-0.05, 0) is 35.6 Å². The van der Waals surface area contributed by atoms with Crippen LogP contribution >= 0.6 is 0 Å². The van der Waals surface area contributed by atoms with E-state index in [0.717, 1.165) is 27.6 Å². The maximum absolute atomic E-state index is 5.79. The third-order valence-electron chi connectivity index (χ3n) is 3.52. The number of nitrogens with two attached hydrogens (primary N) is 1. The molecule has 1 atom stereocenters. The van der Waals surface area contributed by atoms with E-state index in [1.807, 2.05) is 37.4 Å². The van der Waals surface area contributed by atoms with Crippen LogP contribution in [0, 0.1) is 6.92 Å². The Balaban J connectivity index is 2.20. The predicted molar refractivity (Wildman–Crippen MR) is 79.9 cm³/mol. The van der Waals surface area contributed by atoms with Crippen molar-refractivity contribution >= 4 is 10.8 Å². The summed E-state index contributed by atoms with van der Waals surface area (Å²) in [6.07, 6.45) is 5.45. The lowest BCUT2D eigenvalue weighted by molar-refractivity contribution is 0.620. The van der Waals surface area contributed by atoms with Gasteiger partial charge < -0.3 is 0 Å². The summed E-state index contributed by atoms with van der Waals surface area (Å²) in [5.74, 6) is 5.79. The van der Waals surface area contributed by atoms with Gasteiger partial charge in [0.15, 0.2) is 0 Å². The van der Waals surface area contributed by atoms with Crippen molar-refractivity contribution < 1.29 is 0 Å². The zero-order valence-corrected chi connectivity index (χ0v) is 11.2. The lowest BCUT2D eigenvalue weighted by atomic mass is 9.96. The van der Waals surface area contributed by atoms with Crippen molar-refractivity contribution in [1.29, 1.82) is 0 Å². The highest BCUT2D eigenvalue weighted by Gasteiger charge is 2.18. The fourth-order valence-corrected chi connectivity index (χ4v) is 2.50. The second-order valence-corrected chi connectivity index (χ2v) is 4.75. The minimum atomic E-state index is -0.149. The van der Waals surface area contributed by atoms with Crippen molar-refractivity contribution in [3.63, 3.8) is 0 Å². The molecule has 0 fully saturated rings. The molecule has 0 amide bonds. The molecule has 3 aromatic rings. The van der Waals surface area contributed by atoms with Crippen LogP contribution in [0.15, 0.2) is 55.0 Å². The number of benzene rings is 1. The van der Waals surface area contributed by atoms with Crippen LogP contribution in [0.5, 0.6) is 0 Å². The van der Waals surface area contributed by atoms with Crippen molar-refractivity contribution in [2.75, 3.05) is 0 Å². The molecule has 100 valence electrons. The number of hydrazine groups is 1. The molecule has 0 bridgehead atoms. The minimum absolute atomic E-state index is 0.149. The normalized spacial score (nSPS) is 12.5. The molecule has 2 heterocycles. The SMILES string of the molecule is Cc1cccnc1C(NN)c1cccc2ccncc12. The summed E-state index contributed by atoms with van der Waals surface area (Å²) in [6.45, 7) is 2.04. The van der Waals surface area contributed by atoms with Gasteiger partial charge in [-0.15, -0.1) is 0 Å². The fraction of sp³-hybridized carbons (Fsp3) is 0.125. The van der Waals surface area contributed by atoms with Crippen LogP contribution in [-0.4, -0.2) is 9.97 Å². The molecule has 1 unspecified atom stereocenters. The van der Waals surface area contributed by atoms with Crippen LogP contribution in [0.25, 0.3) is 10.8 Å². The minimum Gasteiger partial charge on any atom is -0.271 e. The van der Waals surface area contributed by atoms with Crippen molar-refractivity contribution in [2.45, 2.75) is 13.0 Å². The van der Waals surface area contributed by atoms with Gasteiger partial charge in [-0.3, -0.25) is 15.8 Å². The number of fused-ring (bicyclic) bond motifs is 1. The number of pyridine rings is 2. The molecule has 0 aliphatic carbocycles. The number of nitrogens with zero attached hydrogens (tertiary/aromatic N) is 2. The quantitative estimate of drug-likeness (QED) is 0.563. The van der Waals surface area contributed by atoms with E-state index in [4.69, 9.17) is 5.84 Å². The first-order valence-corrected chi connectivity index (χ1v) is 6.51. The fourth-order valence-electron chi connectivity index (χ4n) is 2.50. The number of aromatic nitrogens is 2. The van der Waals surface area contributed by atoms with E-state index in [1.165, 1.54) is 0 Å². The van der Waals surface area contributed by atoms with Crippen LogP contribution in [0.4, 0.5) is 0 Å². The number of hydrogen-bond donors (Lipinski definition) is 2. The molecule has 2 aromatic heterocycles. The van der Waals surface area contributed by atoms with Crippen LogP contribution in [0.2, 0.25) is 0 Å². The van der Waals surface area contributed by atoms with Crippen molar-refractivity contribution in [2.24, 2.45) is 5.84 Å². The number of aryl methyl sites for hydroxylation is 1. The summed E-state index contributed by atoms with van der Waals surface area (Å²) >= 11 is 0. The van der Waals surface area contributed by atoms with Gasteiger partial charge in [-0.25, -0.2) is 5.43 Å². The molecular weight excluding hydrogens is 248 g/mol. The Bertz CT molecular complexity index is 734. The van der Waals surface area contributed by atoms with Crippen molar-refractivity contribution in [3.05, 3.63) is 71.8 Å². The third kappa shape index (κ3) is 2.15. The van der Waals surface area contributed by atoms with E-state index in [9.17, 15) is 0 Å². The first-order valence-electron chi connectivity index (χ1n) is 6.51. The maximum atomic E-state index is 5.79. The summed E-state index contributed by atoms with van der Waals surface area (Å²) in [4.78, 5) is 8.69. The van der Waals surface area contributed by atoms with Crippen LogP contribution < -0.4 is 11.3 Å². The standard InChI is InChI=1S/C16H16N4/c1-11-4-3-8-19-15(11)16(20-17)13-6-2-5-12-7-9-18-10-14(12)13/h2-10,16,20H,17H2,1H3. The molecule has 4 nitrogen and oxygen atoms in total. The number of nitrogens with one attached hydrogen (secondary N) is 1. The summed E-state index contributed by atoms with van der Waals surface area (Å²) in [6, 6.07) is 12.0. The monoisotopic (exact) mass is 264 g/mol. The molecule has 0 aliphatic rings. The lowest BCUT2D eigenvalue weighted by Crippen LogP contribution is -2.30. The van der Waals surface area contributed by atoms with Crippen LogP contribution in [-0.2, 0) is 0 Å². The van der Waals surface area contributed by atoms with Crippen LogP contribution in [0.3, 0.4) is 0 Å². The molecule has 3 N–H and O–H groups in total. The largest absolute Gasteiger partial charge is 0.271 e. The number of rotatable bonds is 3. The Morgan fingerprint density at radius 1 is 1.10 bits per heavy atom. The smallest absolute Gasteiger partial charge is 0.0890 e. The molecule has 0 aliphatic heterocycles. The van der Waals surface area contributed by atoms with Gasteiger partial charge in [0.05, 0.1) is 11.7 Å². The van der Waals surface area contributed by atoms with Gasteiger partial charge in [-0.1, -0.05) is 24.3 Å². The van der Waals surface area contributed by atoms with Gasteiger partial charge >= 0.3 is 0 Å². The summed E-state index contributed by atoms with van der Waals surface area (Å²) in [7, 11) is 0. The average Bonchev–Trinajstić information content (AvgIpc) is 2.50. The second kappa shape index (κ2) is 5.36.